The summed E-state index contributed by atoms with van der Waals surface area (Å²) < 4.78 is 4.48. The van der Waals surface area contributed by atoms with Gasteiger partial charge in [-0.25, -0.2) is 0 Å². The van der Waals surface area contributed by atoms with Gasteiger partial charge in [-0.05, 0) is 6.42 Å². The summed E-state index contributed by atoms with van der Waals surface area (Å²) in [5, 5.41) is 8.76. The minimum Gasteiger partial charge on any atom is -0.436 e. The third kappa shape index (κ3) is 1.21. The first-order valence-electron chi connectivity index (χ1n) is 3.12. The van der Waals surface area contributed by atoms with E-state index in [2.05, 4.69) is 4.74 Å². The molecular formula is C6H10O3. The lowest BCUT2D eigenvalue weighted by molar-refractivity contribution is -0.155. The average Bonchev–Trinajstić information content (AvgIpc) is 2.10. The van der Waals surface area contributed by atoms with Gasteiger partial charge in [0.15, 0.2) is 0 Å². The van der Waals surface area contributed by atoms with E-state index in [0.717, 1.165) is 6.42 Å². The van der Waals surface area contributed by atoms with Crippen LogP contribution in [0.5, 0.6) is 0 Å². The highest BCUT2D eigenvalue weighted by atomic mass is 16.6. The van der Waals surface area contributed by atoms with Crippen molar-refractivity contribution in [1.29, 1.82) is 0 Å². The number of carbonyl (C=O) groups excluding carboxylic acids is 1. The molecular weight excluding hydrogens is 120 g/mol. The van der Waals surface area contributed by atoms with Crippen molar-refractivity contribution in [3.63, 3.8) is 0 Å². The molecule has 1 aliphatic rings. The summed E-state index contributed by atoms with van der Waals surface area (Å²) in [6.45, 7) is 1.91. The Bertz CT molecular complexity index is 121. The van der Waals surface area contributed by atoms with Crippen molar-refractivity contribution in [3.8, 4) is 0 Å². The van der Waals surface area contributed by atoms with Crippen molar-refractivity contribution in [2.24, 2.45) is 5.92 Å². The van der Waals surface area contributed by atoms with Crippen molar-refractivity contribution < 1.29 is 14.6 Å². The zero-order chi connectivity index (χ0) is 6.85. The van der Waals surface area contributed by atoms with E-state index in [1.165, 1.54) is 0 Å². The molecule has 52 valence electrons. The van der Waals surface area contributed by atoms with Crippen molar-refractivity contribution in [3.05, 3.63) is 0 Å². The fourth-order valence-corrected chi connectivity index (χ4v) is 0.951. The zero-order valence-corrected chi connectivity index (χ0v) is 5.33. The maximum Gasteiger partial charge on any atom is 0.311 e. The van der Waals surface area contributed by atoms with E-state index >= 15 is 0 Å². The Morgan fingerprint density at radius 2 is 2.56 bits per heavy atom. The number of hydrogen-bond donors (Lipinski definition) is 1. The van der Waals surface area contributed by atoms with Gasteiger partial charge in [0.05, 0.1) is 5.92 Å². The van der Waals surface area contributed by atoms with Gasteiger partial charge in [-0.15, -0.1) is 0 Å². The first kappa shape index (κ1) is 6.55. The predicted octanol–water partition coefficient (Wildman–Crippen LogP) is 0.278. The van der Waals surface area contributed by atoms with Gasteiger partial charge in [0.2, 0.25) is 6.29 Å². The SMILES string of the molecule is CCC1CC(O)OC1=O. The number of esters is 1. The number of hydrogen-bond acceptors (Lipinski definition) is 3. The minimum absolute atomic E-state index is 0.0694. The van der Waals surface area contributed by atoms with Crippen molar-refractivity contribution >= 4 is 5.97 Å². The molecule has 3 heteroatoms. The lowest BCUT2D eigenvalue weighted by Crippen LogP contribution is -2.05. The standard InChI is InChI=1S/C6H10O3/c1-2-4-3-5(7)9-6(4)8/h4-5,7H,2-3H2,1H3. The van der Waals surface area contributed by atoms with Crippen LogP contribution in [0, 0.1) is 5.92 Å². The van der Waals surface area contributed by atoms with E-state index in [4.69, 9.17) is 5.11 Å². The monoisotopic (exact) mass is 130 g/mol. The Kier molecular flexibility index (Phi) is 1.71. The second-order valence-corrected chi connectivity index (χ2v) is 2.23. The molecule has 0 amide bonds. The molecule has 2 atom stereocenters. The van der Waals surface area contributed by atoms with Crippen LogP contribution in [0.1, 0.15) is 19.8 Å². The number of aliphatic hydroxyl groups excluding tert-OH is 1. The fourth-order valence-electron chi connectivity index (χ4n) is 0.951. The van der Waals surface area contributed by atoms with Gasteiger partial charge >= 0.3 is 5.97 Å². The highest BCUT2D eigenvalue weighted by Gasteiger charge is 2.31. The van der Waals surface area contributed by atoms with Crippen LogP contribution in [0.3, 0.4) is 0 Å². The predicted molar refractivity (Wildman–Crippen MR) is 30.5 cm³/mol. The third-order valence-electron chi connectivity index (χ3n) is 1.56. The lowest BCUT2D eigenvalue weighted by Gasteiger charge is -1.94. The van der Waals surface area contributed by atoms with E-state index in [1.54, 1.807) is 0 Å². The van der Waals surface area contributed by atoms with Crippen LogP contribution >= 0.6 is 0 Å². The van der Waals surface area contributed by atoms with Gasteiger partial charge in [0, 0.05) is 6.42 Å². The molecule has 0 aromatic carbocycles. The average molecular weight is 130 g/mol. The molecule has 1 aliphatic heterocycles. The normalized spacial score (nSPS) is 34.7. The van der Waals surface area contributed by atoms with Gasteiger partial charge in [-0.1, -0.05) is 6.92 Å². The molecule has 2 unspecified atom stereocenters. The van der Waals surface area contributed by atoms with E-state index in [1.807, 2.05) is 6.92 Å². The summed E-state index contributed by atoms with van der Waals surface area (Å²) in [5.74, 6) is -0.329. The summed E-state index contributed by atoms with van der Waals surface area (Å²) in [6, 6.07) is 0. The topological polar surface area (TPSA) is 46.5 Å². The number of rotatable bonds is 1. The Hall–Kier alpha value is -0.570. The van der Waals surface area contributed by atoms with Gasteiger partial charge in [0.25, 0.3) is 0 Å². The zero-order valence-electron chi connectivity index (χ0n) is 5.33. The molecule has 0 bridgehead atoms. The Morgan fingerprint density at radius 1 is 1.89 bits per heavy atom. The summed E-state index contributed by atoms with van der Waals surface area (Å²) in [4.78, 5) is 10.6. The van der Waals surface area contributed by atoms with Crippen LogP contribution in [0.2, 0.25) is 0 Å². The maximum atomic E-state index is 10.6. The number of carbonyl (C=O) groups is 1. The van der Waals surface area contributed by atoms with Crippen molar-refractivity contribution in [1.82, 2.24) is 0 Å². The van der Waals surface area contributed by atoms with Crippen LogP contribution < -0.4 is 0 Å². The molecule has 9 heavy (non-hydrogen) atoms. The van der Waals surface area contributed by atoms with Crippen LogP contribution in [0.25, 0.3) is 0 Å². The molecule has 1 N–H and O–H groups in total. The van der Waals surface area contributed by atoms with Crippen LogP contribution in [0.4, 0.5) is 0 Å². The Morgan fingerprint density at radius 3 is 2.78 bits per heavy atom. The second-order valence-electron chi connectivity index (χ2n) is 2.23. The quantitative estimate of drug-likeness (QED) is 0.518. The maximum absolute atomic E-state index is 10.6. The molecule has 0 aromatic rings. The van der Waals surface area contributed by atoms with Crippen molar-refractivity contribution in [2.75, 3.05) is 0 Å². The van der Waals surface area contributed by atoms with E-state index in [-0.39, 0.29) is 11.9 Å². The van der Waals surface area contributed by atoms with Gasteiger partial charge in [0.1, 0.15) is 0 Å². The Labute approximate surface area is 53.6 Å². The van der Waals surface area contributed by atoms with Crippen LogP contribution in [0.15, 0.2) is 0 Å². The van der Waals surface area contributed by atoms with Gasteiger partial charge in [-0.3, -0.25) is 4.79 Å². The van der Waals surface area contributed by atoms with Crippen LogP contribution in [-0.2, 0) is 9.53 Å². The third-order valence-corrected chi connectivity index (χ3v) is 1.56. The van der Waals surface area contributed by atoms with E-state index in [0.29, 0.717) is 6.42 Å². The molecule has 0 aliphatic carbocycles. The number of ether oxygens (including phenoxy) is 1. The van der Waals surface area contributed by atoms with Gasteiger partial charge in [-0.2, -0.15) is 0 Å². The molecule has 0 saturated carbocycles. The molecule has 1 rings (SSSR count). The molecule has 0 radical (unpaired) electrons. The minimum atomic E-state index is -0.845. The summed E-state index contributed by atoms with van der Waals surface area (Å²) in [7, 11) is 0. The summed E-state index contributed by atoms with van der Waals surface area (Å²) in [5.41, 5.74) is 0. The first-order valence-corrected chi connectivity index (χ1v) is 3.12. The second kappa shape index (κ2) is 2.35. The molecule has 1 heterocycles. The van der Waals surface area contributed by atoms with E-state index < -0.39 is 6.29 Å². The molecule has 0 spiro atoms. The van der Waals surface area contributed by atoms with Gasteiger partial charge < -0.3 is 9.84 Å². The molecule has 3 nitrogen and oxygen atoms in total. The molecule has 1 saturated heterocycles. The molecule has 1 fully saturated rings. The summed E-state index contributed by atoms with van der Waals surface area (Å²) in [6.07, 6.45) is 0.382. The Balaban J connectivity index is 2.48. The van der Waals surface area contributed by atoms with Crippen LogP contribution in [-0.4, -0.2) is 17.4 Å². The lowest BCUT2D eigenvalue weighted by atomic mass is 10.1. The fraction of sp³-hybridized carbons (Fsp3) is 0.833. The smallest absolute Gasteiger partial charge is 0.311 e. The number of cyclic esters (lactones) is 1. The highest BCUT2D eigenvalue weighted by molar-refractivity contribution is 5.74. The van der Waals surface area contributed by atoms with E-state index in [9.17, 15) is 4.79 Å². The number of aliphatic hydroxyl groups is 1. The summed E-state index contributed by atoms with van der Waals surface area (Å²) >= 11 is 0. The van der Waals surface area contributed by atoms with Crippen molar-refractivity contribution in [2.45, 2.75) is 26.1 Å². The first-order chi connectivity index (χ1) is 4.24. The highest BCUT2D eigenvalue weighted by Crippen LogP contribution is 2.21. The largest absolute Gasteiger partial charge is 0.436 e. The molecule has 0 aromatic heterocycles.